The van der Waals surface area contributed by atoms with Crippen LogP contribution in [0.2, 0.25) is 0 Å². The molecule has 0 saturated carbocycles. The summed E-state index contributed by atoms with van der Waals surface area (Å²) in [6.07, 6.45) is -2.53. The van der Waals surface area contributed by atoms with Crippen molar-refractivity contribution in [3.8, 4) is 0 Å². The second-order valence-electron chi connectivity index (χ2n) is 8.19. The summed E-state index contributed by atoms with van der Waals surface area (Å²) < 4.78 is 44.1. The number of hydrogen-bond acceptors (Lipinski definition) is 4. The summed E-state index contributed by atoms with van der Waals surface area (Å²) in [5.41, 5.74) is 1.02. The summed E-state index contributed by atoms with van der Waals surface area (Å²) >= 11 is 0. The zero-order valence-corrected chi connectivity index (χ0v) is 18.2. The Balaban J connectivity index is 1.44. The molecule has 0 aliphatic carbocycles. The molecular weight excluding hydrogens is 407 g/mol. The Hall–Kier alpha value is -2.55. The van der Waals surface area contributed by atoms with Crippen LogP contribution in [0.3, 0.4) is 0 Å². The fourth-order valence-electron chi connectivity index (χ4n) is 3.58. The van der Waals surface area contributed by atoms with E-state index in [4.69, 9.17) is 4.52 Å². The lowest BCUT2D eigenvalue weighted by Crippen LogP contribution is -2.48. The van der Waals surface area contributed by atoms with Crippen LogP contribution in [0.5, 0.6) is 0 Å². The highest BCUT2D eigenvalue weighted by molar-refractivity contribution is 5.79. The van der Waals surface area contributed by atoms with Crippen LogP contribution in [-0.4, -0.2) is 42.2 Å². The second-order valence-corrected chi connectivity index (χ2v) is 8.19. The van der Waals surface area contributed by atoms with Gasteiger partial charge in [0.15, 0.2) is 11.7 Å². The van der Waals surface area contributed by atoms with E-state index in [-0.39, 0.29) is 6.04 Å². The van der Waals surface area contributed by atoms with E-state index in [1.54, 1.807) is 13.1 Å². The quantitative estimate of drug-likeness (QED) is 0.525. The first-order chi connectivity index (χ1) is 14.7. The number of likely N-dealkylation sites (tertiary alicyclic amines) is 1. The number of hydrogen-bond donors (Lipinski definition) is 2. The SMILES string of the molecule is CN=C(NCc1cc(C(C)C)no1)NC1CCN(Cc2cccc(C(F)(F)F)c2)CC1. The van der Waals surface area contributed by atoms with Gasteiger partial charge in [0.05, 0.1) is 17.8 Å². The first-order valence-electron chi connectivity index (χ1n) is 10.6. The Labute approximate surface area is 180 Å². The van der Waals surface area contributed by atoms with Gasteiger partial charge in [0.2, 0.25) is 0 Å². The van der Waals surface area contributed by atoms with Crippen molar-refractivity contribution in [2.75, 3.05) is 20.1 Å². The molecule has 1 aliphatic rings. The lowest BCUT2D eigenvalue weighted by Gasteiger charge is -2.33. The molecule has 1 aromatic heterocycles. The molecule has 170 valence electrons. The molecule has 0 atom stereocenters. The largest absolute Gasteiger partial charge is 0.416 e. The minimum Gasteiger partial charge on any atom is -0.359 e. The van der Waals surface area contributed by atoms with Crippen LogP contribution in [0.1, 0.15) is 55.2 Å². The van der Waals surface area contributed by atoms with E-state index in [0.29, 0.717) is 30.5 Å². The van der Waals surface area contributed by atoms with Gasteiger partial charge in [-0.25, -0.2) is 0 Å². The van der Waals surface area contributed by atoms with Crippen molar-refractivity contribution in [3.05, 3.63) is 52.9 Å². The van der Waals surface area contributed by atoms with Crippen LogP contribution < -0.4 is 10.6 Å². The number of nitrogens with one attached hydrogen (secondary N) is 2. The van der Waals surface area contributed by atoms with Crippen LogP contribution in [-0.2, 0) is 19.3 Å². The standard InChI is InChI=1S/C22H30F3N5O/c1-15(2)20-12-19(31-29-20)13-27-21(26-3)28-18-7-9-30(10-8-18)14-16-5-4-6-17(11-16)22(23,24)25/h4-6,11-12,15,18H,7-10,13-14H2,1-3H3,(H2,26,27,28). The minimum absolute atomic E-state index is 0.255. The van der Waals surface area contributed by atoms with Crippen molar-refractivity contribution in [1.82, 2.24) is 20.7 Å². The van der Waals surface area contributed by atoms with Crippen LogP contribution in [0.15, 0.2) is 39.8 Å². The van der Waals surface area contributed by atoms with Crippen molar-refractivity contribution in [1.29, 1.82) is 0 Å². The van der Waals surface area contributed by atoms with E-state index in [0.717, 1.165) is 43.5 Å². The van der Waals surface area contributed by atoms with Gasteiger partial charge in [-0.15, -0.1) is 0 Å². The van der Waals surface area contributed by atoms with E-state index in [2.05, 4.69) is 39.5 Å². The number of guanidine groups is 1. The normalized spacial score (nSPS) is 16.7. The van der Waals surface area contributed by atoms with Crippen molar-refractivity contribution in [2.24, 2.45) is 4.99 Å². The summed E-state index contributed by atoms with van der Waals surface area (Å²) in [6.45, 7) is 6.76. The molecule has 2 N–H and O–H groups in total. The van der Waals surface area contributed by atoms with Crippen LogP contribution in [0, 0.1) is 0 Å². The Kier molecular flexibility index (Phi) is 7.59. The maximum atomic E-state index is 12.9. The third-order valence-electron chi connectivity index (χ3n) is 5.41. The number of aliphatic imine (C=N–C) groups is 1. The van der Waals surface area contributed by atoms with Gasteiger partial charge in [-0.05, 0) is 30.4 Å². The van der Waals surface area contributed by atoms with Crippen LogP contribution in [0.4, 0.5) is 13.2 Å². The second kappa shape index (κ2) is 10.2. The number of alkyl halides is 3. The highest BCUT2D eigenvalue weighted by Crippen LogP contribution is 2.30. The minimum atomic E-state index is -4.31. The number of nitrogens with zero attached hydrogens (tertiary/aromatic N) is 3. The number of aromatic nitrogens is 1. The summed E-state index contributed by atoms with van der Waals surface area (Å²) in [6, 6.07) is 7.77. The van der Waals surface area contributed by atoms with Crippen molar-refractivity contribution in [3.63, 3.8) is 0 Å². The summed E-state index contributed by atoms with van der Waals surface area (Å²) in [7, 11) is 1.72. The Morgan fingerprint density at radius 1 is 1.26 bits per heavy atom. The van der Waals surface area contributed by atoms with Gasteiger partial charge in [-0.3, -0.25) is 9.89 Å². The molecule has 31 heavy (non-hydrogen) atoms. The highest BCUT2D eigenvalue weighted by atomic mass is 19.4. The maximum Gasteiger partial charge on any atom is 0.416 e. The molecule has 2 aromatic rings. The Morgan fingerprint density at radius 3 is 2.61 bits per heavy atom. The highest BCUT2D eigenvalue weighted by Gasteiger charge is 2.30. The van der Waals surface area contributed by atoms with E-state index < -0.39 is 11.7 Å². The maximum absolute atomic E-state index is 12.9. The van der Waals surface area contributed by atoms with Gasteiger partial charge >= 0.3 is 6.18 Å². The average molecular weight is 438 g/mol. The Bertz CT molecular complexity index is 870. The number of benzene rings is 1. The molecule has 1 saturated heterocycles. The molecule has 3 rings (SSSR count). The molecule has 0 spiro atoms. The van der Waals surface area contributed by atoms with Crippen molar-refractivity contribution >= 4 is 5.96 Å². The third kappa shape index (κ3) is 6.72. The van der Waals surface area contributed by atoms with Gasteiger partial charge in [-0.2, -0.15) is 13.2 Å². The molecule has 1 aliphatic heterocycles. The predicted molar refractivity (Wildman–Crippen MR) is 114 cm³/mol. The van der Waals surface area contributed by atoms with E-state index >= 15 is 0 Å². The van der Waals surface area contributed by atoms with Crippen LogP contribution in [0.25, 0.3) is 0 Å². The molecule has 9 heteroatoms. The van der Waals surface area contributed by atoms with E-state index in [9.17, 15) is 13.2 Å². The van der Waals surface area contributed by atoms with E-state index in [1.165, 1.54) is 12.1 Å². The smallest absolute Gasteiger partial charge is 0.359 e. The lowest BCUT2D eigenvalue weighted by atomic mass is 10.0. The lowest BCUT2D eigenvalue weighted by molar-refractivity contribution is -0.137. The molecule has 0 bridgehead atoms. The molecule has 2 heterocycles. The first kappa shape index (κ1) is 23.1. The molecule has 0 amide bonds. The summed E-state index contributed by atoms with van der Waals surface area (Å²) in [5, 5.41) is 10.7. The Morgan fingerprint density at radius 2 is 2.00 bits per heavy atom. The zero-order chi connectivity index (χ0) is 22.4. The zero-order valence-electron chi connectivity index (χ0n) is 18.2. The summed E-state index contributed by atoms with van der Waals surface area (Å²) in [5.74, 6) is 1.76. The molecule has 6 nitrogen and oxygen atoms in total. The summed E-state index contributed by atoms with van der Waals surface area (Å²) in [4.78, 5) is 6.46. The molecule has 1 fully saturated rings. The van der Waals surface area contributed by atoms with Gasteiger partial charge in [-0.1, -0.05) is 37.2 Å². The third-order valence-corrected chi connectivity index (χ3v) is 5.41. The average Bonchev–Trinajstić information content (AvgIpc) is 3.21. The predicted octanol–water partition coefficient (Wildman–Crippen LogP) is 4.15. The van der Waals surface area contributed by atoms with Gasteiger partial charge < -0.3 is 15.2 Å². The van der Waals surface area contributed by atoms with Crippen molar-refractivity contribution in [2.45, 2.75) is 57.9 Å². The van der Waals surface area contributed by atoms with Crippen molar-refractivity contribution < 1.29 is 17.7 Å². The number of rotatable bonds is 6. The first-order valence-corrected chi connectivity index (χ1v) is 10.6. The molecule has 0 unspecified atom stereocenters. The van der Waals surface area contributed by atoms with E-state index in [1.807, 2.05) is 6.07 Å². The fraction of sp³-hybridized carbons (Fsp3) is 0.545. The molecule has 0 radical (unpaired) electrons. The topological polar surface area (TPSA) is 65.7 Å². The van der Waals surface area contributed by atoms with Gasteiger partial charge in [0.25, 0.3) is 0 Å². The van der Waals surface area contributed by atoms with Gasteiger partial charge in [0.1, 0.15) is 0 Å². The number of halogens is 3. The monoisotopic (exact) mass is 437 g/mol. The fourth-order valence-corrected chi connectivity index (χ4v) is 3.58. The van der Waals surface area contributed by atoms with Gasteiger partial charge in [0, 0.05) is 38.8 Å². The number of piperidine rings is 1. The molecule has 1 aromatic carbocycles. The van der Waals surface area contributed by atoms with Crippen LogP contribution >= 0.6 is 0 Å². The molecular formula is C22H30F3N5O.